The number of rotatable bonds is 21. The number of H-pyrrole nitrogens is 1. The first-order valence-corrected chi connectivity index (χ1v) is 46.6. The van der Waals surface area contributed by atoms with Crippen LogP contribution in [-0.2, 0) is 88.0 Å². The molecule has 132 heavy (non-hydrogen) atoms. The molecule has 6 N–H and O–H groups in total. The van der Waals surface area contributed by atoms with E-state index in [1.807, 2.05) is 88.9 Å². The van der Waals surface area contributed by atoms with E-state index in [0.717, 1.165) is 46.4 Å². The molecule has 2 bridgehead atoms. The molecular formula is C97H128N18O17. The number of carbonyl (C=O) groups is 8. The van der Waals surface area contributed by atoms with Crippen LogP contribution in [0.1, 0.15) is 165 Å². The number of aliphatic hydroxyl groups is 2. The summed E-state index contributed by atoms with van der Waals surface area (Å²) in [7, 11) is 4.49. The van der Waals surface area contributed by atoms with Crippen LogP contribution in [0.4, 0.5) is 22.5 Å². The van der Waals surface area contributed by atoms with Crippen molar-refractivity contribution in [2.75, 3.05) is 122 Å². The van der Waals surface area contributed by atoms with E-state index in [1.54, 1.807) is 79.0 Å². The first-order valence-electron chi connectivity index (χ1n) is 46.6. The minimum absolute atomic E-state index is 0.0148. The van der Waals surface area contributed by atoms with Gasteiger partial charge in [0.25, 0.3) is 17.6 Å². The molecule has 0 spiro atoms. The molecule has 14 rings (SSSR count). The molecule has 1 aliphatic carbocycles. The summed E-state index contributed by atoms with van der Waals surface area (Å²) in [5.41, 5.74) is 14.9. The molecule has 1 saturated carbocycles. The third kappa shape index (κ3) is 23.5. The van der Waals surface area contributed by atoms with Crippen LogP contribution in [0.25, 0.3) is 33.3 Å². The zero-order valence-electron chi connectivity index (χ0n) is 77.5. The summed E-state index contributed by atoms with van der Waals surface area (Å²) in [4.78, 5) is 160. The van der Waals surface area contributed by atoms with Gasteiger partial charge in [-0.15, -0.1) is 0 Å². The number of fused-ring (bicyclic) bond motifs is 6. The minimum Gasteiger partial charge on any atom is -0.460 e. The lowest BCUT2D eigenvalue weighted by atomic mass is 9.78. The molecule has 7 aromatic rings. The van der Waals surface area contributed by atoms with Gasteiger partial charge in [-0.05, 0) is 142 Å². The quantitative estimate of drug-likeness (QED) is 0.0194. The van der Waals surface area contributed by atoms with Gasteiger partial charge in [0.1, 0.15) is 59.7 Å². The summed E-state index contributed by atoms with van der Waals surface area (Å²) < 4.78 is 44.0. The van der Waals surface area contributed by atoms with E-state index in [2.05, 4.69) is 73.2 Å². The van der Waals surface area contributed by atoms with Gasteiger partial charge >= 0.3 is 12.1 Å². The first-order chi connectivity index (χ1) is 63.6. The number of amides is 4. The van der Waals surface area contributed by atoms with Crippen molar-refractivity contribution in [3.8, 4) is 11.3 Å². The molecule has 6 aromatic heterocycles. The van der Waals surface area contributed by atoms with Crippen molar-refractivity contribution in [3.05, 3.63) is 149 Å². The highest BCUT2D eigenvalue weighted by Gasteiger charge is 2.53. The monoisotopic (exact) mass is 1820 g/mol. The van der Waals surface area contributed by atoms with E-state index in [1.165, 1.54) is 23.9 Å². The number of hydrogen-bond acceptors (Lipinski definition) is 29. The number of aliphatic hydroxyl groups excluding tert-OH is 1. The summed E-state index contributed by atoms with van der Waals surface area (Å²) in [5, 5.41) is 33.3. The number of hydrogen-bond donors (Lipinski definition) is 5. The first kappa shape index (κ1) is 96.9. The third-order valence-electron chi connectivity index (χ3n) is 27.4. The van der Waals surface area contributed by atoms with Gasteiger partial charge < -0.3 is 83.9 Å². The van der Waals surface area contributed by atoms with Gasteiger partial charge in [-0.25, -0.2) is 49.2 Å². The number of nitrogens with one attached hydrogen (secondary N) is 2. The molecule has 0 unspecified atom stereocenters. The maximum Gasteiger partial charge on any atom is 0.407 e. The summed E-state index contributed by atoms with van der Waals surface area (Å²) in [6.07, 6.45) is 21.6. The topological polar surface area (TPSA) is 423 Å². The van der Waals surface area contributed by atoms with Crippen LogP contribution in [0.2, 0.25) is 0 Å². The molecule has 708 valence electrons. The molecule has 4 amide bonds. The number of carbonyl (C=O) groups excluding carboxylic acids is 8. The van der Waals surface area contributed by atoms with Gasteiger partial charge in [0.15, 0.2) is 11.4 Å². The predicted molar refractivity (Wildman–Crippen MR) is 492 cm³/mol. The van der Waals surface area contributed by atoms with Crippen LogP contribution in [0.5, 0.6) is 0 Å². The van der Waals surface area contributed by atoms with E-state index >= 15 is 0 Å². The average molecular weight is 1820 g/mol. The zero-order chi connectivity index (χ0) is 93.4. The van der Waals surface area contributed by atoms with E-state index in [0.29, 0.717) is 194 Å². The Kier molecular flexibility index (Phi) is 32.7. The Hall–Kier alpha value is -11.2. The van der Waals surface area contributed by atoms with Gasteiger partial charge in [0.2, 0.25) is 23.6 Å². The van der Waals surface area contributed by atoms with Crippen LogP contribution in [0.15, 0.2) is 121 Å². The number of cyclic esters (lactones) is 1. The van der Waals surface area contributed by atoms with Crippen molar-refractivity contribution in [3.63, 3.8) is 0 Å². The molecule has 6 aliphatic heterocycles. The molecule has 15 atom stereocenters. The number of anilines is 3. The smallest absolute Gasteiger partial charge is 0.407 e. The van der Waals surface area contributed by atoms with Crippen molar-refractivity contribution in [1.29, 1.82) is 0 Å². The number of aromatic amines is 1. The Labute approximate surface area is 770 Å². The number of esters is 1. The van der Waals surface area contributed by atoms with Crippen LogP contribution in [0, 0.1) is 35.5 Å². The van der Waals surface area contributed by atoms with E-state index in [-0.39, 0.29) is 74.0 Å². The fourth-order valence-corrected chi connectivity index (χ4v) is 19.4. The Balaban J connectivity index is 0.499. The second kappa shape index (κ2) is 44.6. The molecule has 35 nitrogen and oxygen atoms in total. The van der Waals surface area contributed by atoms with Crippen molar-refractivity contribution < 1.29 is 81.7 Å². The summed E-state index contributed by atoms with van der Waals surface area (Å²) >= 11 is 0. The number of nitrogen functional groups attached to an aromatic ring is 1. The normalized spacial score (nSPS) is 27.9. The summed E-state index contributed by atoms with van der Waals surface area (Å²) in [6, 6.07) is 9.10. The number of piperidine rings is 1. The predicted octanol–water partition coefficient (Wildman–Crippen LogP) is 9.08. The lowest BCUT2D eigenvalue weighted by Gasteiger charge is -2.42. The van der Waals surface area contributed by atoms with Crippen LogP contribution in [-0.4, -0.2) is 288 Å². The van der Waals surface area contributed by atoms with Gasteiger partial charge in [0, 0.05) is 191 Å². The number of ether oxygens (including phenoxy) is 7. The highest BCUT2D eigenvalue weighted by molar-refractivity contribution is 6.39. The summed E-state index contributed by atoms with van der Waals surface area (Å²) in [5.74, 6) is -7.44. The van der Waals surface area contributed by atoms with E-state index in [9.17, 15) is 48.6 Å². The highest BCUT2D eigenvalue weighted by atomic mass is 16.6. The lowest BCUT2D eigenvalue weighted by molar-refractivity contribution is -0.265. The van der Waals surface area contributed by atoms with Crippen LogP contribution in [0.3, 0.4) is 0 Å². The van der Waals surface area contributed by atoms with Crippen molar-refractivity contribution in [1.82, 2.24) is 74.6 Å². The van der Waals surface area contributed by atoms with Gasteiger partial charge in [0.05, 0.1) is 55.4 Å². The van der Waals surface area contributed by atoms with Crippen molar-refractivity contribution in [2.24, 2.45) is 35.5 Å². The lowest BCUT2D eigenvalue weighted by Crippen LogP contribution is -2.61. The standard InChI is InChI=1S/C97H128N18O17/c1-59-16-12-11-13-17-60(2)78(126-8)48-74-23-19-65(7)97(125,132-74)87(120)92(122)114-29-15-14-18-75(114)93(123)130-79(49-76(116)61(3)43-64(6)85(119)86(128-10)84(118)63(5)42-59)62(4)44-66-21-24-77(80(46-66)127-9)131-96(124)105-52-68-50-101-94(102-51-68)112-37-35-110(36-38-112)81(117)27-40-129-41-39-109-31-33-111(34-32-109)95-103-54-73(55-104-95)91(121)113-30-26-69-45-67(20-22-71(69)57-113)56-115-90-82(88(98)106-58-107-90)83(108-115)72-47-70-25-28-99-89(70)100-53-72/h11-13,16-17,20,22,25,28,43,45,47,50-51,53-55,58-59,61-63,65-66,74-75,77-80,85-86,119,125H,14-15,18-19,21,23-24,26-27,29-42,44,46,48-49,52,56-57H2,1-10H3,(H,99,100)(H,105,124)(H2,98,106,107)/b13-11+,16-12+,60-17+,64-43+/t59-,61-,62-,63-,65-,66+,74+,75+,77-,78+,79+,80-,85-,86+,97-/m1/s1. The number of aromatic nitrogens is 10. The second-order valence-electron chi connectivity index (χ2n) is 36.7. The average Bonchev–Trinajstić information content (AvgIpc) is 1.70. The molecular weight excluding hydrogens is 1690 g/mol. The molecule has 5 fully saturated rings. The highest BCUT2D eigenvalue weighted by Crippen LogP contribution is 2.40. The largest absolute Gasteiger partial charge is 0.460 e. The van der Waals surface area contributed by atoms with Gasteiger partial charge in [-0.1, -0.05) is 89.3 Å². The number of alkyl carbamates (subject to hydrolysis) is 1. The van der Waals surface area contributed by atoms with Crippen LogP contribution < -0.4 is 20.9 Å². The number of methoxy groups -OCH3 is 3. The fraction of sp³-hybridized carbons (Fsp3) is 0.567. The third-order valence-corrected chi connectivity index (χ3v) is 27.4. The maximum atomic E-state index is 14.8. The SMILES string of the molecule is CO[C@H]1C[C@@H]2CC[C@@H](C)[C@@](O)(O2)C(=O)C(=O)N2CCCC[C@H]2C(=O)O[C@H]([C@H](C)C[C@@H]2CC[C@@H](OC(=O)NCc3cnc(N4CCN(C(=O)CCOCCN5CCN(c6ncc(C(=O)N7CCc8cc(Cn9nc(-c%10cnc%11[nH]ccc%11c%10)c%10c(N)ncnc%109)ccc8C7)cn6)CC5)CC4)nc3)[C@H](OC)C2)CC(=O)[C@H](C)/C=C(\C)[C@@H](O)[C@@H](OC)C(=O)[C@H](C)C[C@H](C)/C=C/C=C/C=C/1C. The number of nitrogens with two attached hydrogens (primary N) is 1. The Bertz CT molecular complexity index is 5340. The van der Waals surface area contributed by atoms with Gasteiger partial charge in [-0.3, -0.25) is 33.7 Å². The van der Waals surface area contributed by atoms with Crippen molar-refractivity contribution in [2.45, 2.75) is 213 Å². The Morgan fingerprint density at radius 1 is 0.735 bits per heavy atom. The zero-order valence-corrected chi connectivity index (χ0v) is 77.5. The Morgan fingerprint density at radius 3 is 2.23 bits per heavy atom. The second-order valence-corrected chi connectivity index (χ2v) is 36.7. The number of nitrogens with zero attached hydrogens (tertiary/aromatic N) is 15. The molecule has 0 radical (unpaired) electrons. The molecule has 35 heteroatoms. The fourth-order valence-electron chi connectivity index (χ4n) is 19.4. The molecule has 7 aliphatic rings. The van der Waals surface area contributed by atoms with E-state index in [4.69, 9.17) is 44.0 Å². The van der Waals surface area contributed by atoms with Gasteiger partial charge in [-0.2, -0.15) is 5.10 Å². The molecule has 1 aromatic carbocycles. The number of benzene rings is 1. The van der Waals surface area contributed by atoms with Crippen LogP contribution >= 0.6 is 0 Å². The number of pyridine rings is 1. The van der Waals surface area contributed by atoms with E-state index < -0.39 is 102 Å². The maximum absolute atomic E-state index is 14.8. The minimum atomic E-state index is -2.49. The Morgan fingerprint density at radius 2 is 1.48 bits per heavy atom. The number of Topliss-reactive ketones (excluding diaryl/α,β-unsaturated/α-hetero) is 3. The molecule has 12 heterocycles. The molecule has 4 saturated heterocycles. The summed E-state index contributed by atoms with van der Waals surface area (Å²) in [6.45, 7) is 20.7. The van der Waals surface area contributed by atoms with Crippen molar-refractivity contribution >= 4 is 86.9 Å². The number of piperazine rings is 2. The number of allylic oxidation sites excluding steroid dienone is 6. The number of ketones is 3.